The van der Waals surface area contributed by atoms with E-state index in [0.717, 1.165) is 28.9 Å². The van der Waals surface area contributed by atoms with Gasteiger partial charge in [-0.25, -0.2) is 4.98 Å². The Labute approximate surface area is 119 Å². The zero-order chi connectivity index (χ0) is 13.5. The largest absolute Gasteiger partial charge is 0.464 e. The van der Waals surface area contributed by atoms with Crippen LogP contribution < -0.4 is 5.32 Å². The first-order chi connectivity index (χ1) is 9.81. The van der Waals surface area contributed by atoms with Crippen LogP contribution in [0.4, 0.5) is 5.82 Å². The Morgan fingerprint density at radius 2 is 2.05 bits per heavy atom. The molecule has 0 amide bonds. The van der Waals surface area contributed by atoms with E-state index in [1.54, 1.807) is 6.26 Å². The first kappa shape index (κ1) is 12.2. The molecule has 4 rings (SSSR count). The number of furan rings is 1. The maximum atomic E-state index is 5.45. The number of hydrogen-bond donors (Lipinski definition) is 1. The Bertz CT molecular complexity index is 595. The van der Waals surface area contributed by atoms with Crippen molar-refractivity contribution >= 4 is 16.8 Å². The van der Waals surface area contributed by atoms with Gasteiger partial charge in [0, 0.05) is 24.3 Å². The fraction of sp³-hybridized carbons (Fsp3) is 0.562. The van der Waals surface area contributed by atoms with E-state index in [-0.39, 0.29) is 0 Å². The molecule has 0 aliphatic carbocycles. The highest BCUT2D eigenvalue weighted by atomic mass is 16.3. The van der Waals surface area contributed by atoms with Gasteiger partial charge in [0.05, 0.1) is 11.6 Å². The summed E-state index contributed by atoms with van der Waals surface area (Å²) in [6, 6.07) is 5.94. The molecular weight excluding hydrogens is 250 g/mol. The summed E-state index contributed by atoms with van der Waals surface area (Å²) in [5, 5.41) is 4.76. The van der Waals surface area contributed by atoms with Crippen LogP contribution in [0.1, 0.15) is 32.1 Å². The topological polar surface area (TPSA) is 41.3 Å². The van der Waals surface area contributed by atoms with Crippen molar-refractivity contribution in [1.29, 1.82) is 0 Å². The average Bonchev–Trinajstić information content (AvgIpc) is 2.89. The summed E-state index contributed by atoms with van der Waals surface area (Å²) in [5.41, 5.74) is 0.913. The monoisotopic (exact) mass is 271 g/mol. The molecule has 2 saturated heterocycles. The first-order valence-corrected chi connectivity index (χ1v) is 7.62. The van der Waals surface area contributed by atoms with Crippen molar-refractivity contribution in [2.24, 2.45) is 0 Å². The van der Waals surface area contributed by atoms with Gasteiger partial charge in [-0.1, -0.05) is 6.42 Å². The van der Waals surface area contributed by atoms with Crippen molar-refractivity contribution < 1.29 is 4.42 Å². The highest BCUT2D eigenvalue weighted by Gasteiger charge is 2.36. The maximum absolute atomic E-state index is 5.45. The molecule has 2 atom stereocenters. The lowest BCUT2D eigenvalue weighted by atomic mass is 9.82. The molecule has 2 fully saturated rings. The van der Waals surface area contributed by atoms with Crippen LogP contribution in [0.25, 0.3) is 11.0 Å². The molecule has 0 saturated carbocycles. The van der Waals surface area contributed by atoms with Crippen LogP contribution in [0.5, 0.6) is 0 Å². The summed E-state index contributed by atoms with van der Waals surface area (Å²) in [7, 11) is 2.29. The van der Waals surface area contributed by atoms with Crippen molar-refractivity contribution in [3.63, 3.8) is 0 Å². The Kier molecular flexibility index (Phi) is 2.91. The van der Waals surface area contributed by atoms with Crippen molar-refractivity contribution in [1.82, 2.24) is 9.88 Å². The molecule has 106 valence electrons. The summed E-state index contributed by atoms with van der Waals surface area (Å²) in [4.78, 5) is 7.09. The number of anilines is 1. The second-order valence-corrected chi connectivity index (χ2v) is 6.21. The van der Waals surface area contributed by atoms with Gasteiger partial charge in [0.15, 0.2) is 0 Å². The van der Waals surface area contributed by atoms with Gasteiger partial charge in [0.1, 0.15) is 11.4 Å². The molecule has 1 N–H and O–H groups in total. The molecule has 2 bridgehead atoms. The zero-order valence-electron chi connectivity index (χ0n) is 11.9. The number of fused-ring (bicyclic) bond motifs is 3. The molecule has 2 aliphatic heterocycles. The van der Waals surface area contributed by atoms with Crippen molar-refractivity contribution in [3.05, 3.63) is 24.6 Å². The Balaban J connectivity index is 1.56. The molecule has 2 aromatic rings. The lowest BCUT2D eigenvalue weighted by Crippen LogP contribution is -2.52. The van der Waals surface area contributed by atoms with Crippen LogP contribution in [-0.2, 0) is 0 Å². The predicted octanol–water partition coefficient (Wildman–Crippen LogP) is 3.26. The predicted molar refractivity (Wildman–Crippen MR) is 79.8 cm³/mol. The third-order valence-corrected chi connectivity index (χ3v) is 5.06. The van der Waals surface area contributed by atoms with Gasteiger partial charge < -0.3 is 14.6 Å². The van der Waals surface area contributed by atoms with E-state index in [4.69, 9.17) is 4.42 Å². The molecule has 4 heterocycles. The van der Waals surface area contributed by atoms with E-state index in [2.05, 4.69) is 22.2 Å². The number of hydrogen-bond acceptors (Lipinski definition) is 4. The summed E-state index contributed by atoms with van der Waals surface area (Å²) >= 11 is 0. The SMILES string of the molecule is CN1C2CCCC1CC(Nc1nccc3occc13)C2. The molecule has 2 unspecified atom stereocenters. The number of aromatic nitrogens is 1. The molecule has 0 spiro atoms. The minimum atomic E-state index is 0.537. The van der Waals surface area contributed by atoms with Crippen molar-refractivity contribution in [2.45, 2.75) is 50.2 Å². The van der Waals surface area contributed by atoms with Crippen LogP contribution >= 0.6 is 0 Å². The fourth-order valence-corrected chi connectivity index (χ4v) is 3.94. The number of pyridine rings is 1. The Hall–Kier alpha value is -1.55. The number of piperidine rings is 2. The zero-order valence-corrected chi connectivity index (χ0v) is 11.9. The Morgan fingerprint density at radius 3 is 2.85 bits per heavy atom. The maximum Gasteiger partial charge on any atom is 0.139 e. The van der Waals surface area contributed by atoms with Crippen LogP contribution in [-0.4, -0.2) is 35.1 Å². The molecule has 2 aromatic heterocycles. The van der Waals surface area contributed by atoms with Gasteiger partial charge in [-0.15, -0.1) is 0 Å². The minimum absolute atomic E-state index is 0.537. The van der Waals surface area contributed by atoms with Gasteiger partial charge in [-0.3, -0.25) is 0 Å². The number of nitrogens with zero attached hydrogens (tertiary/aromatic N) is 2. The highest BCUT2D eigenvalue weighted by molar-refractivity contribution is 5.87. The molecule has 2 aliphatic rings. The van der Waals surface area contributed by atoms with Crippen LogP contribution in [0.2, 0.25) is 0 Å². The molecule has 0 aromatic carbocycles. The van der Waals surface area contributed by atoms with Gasteiger partial charge in [-0.2, -0.15) is 0 Å². The van der Waals surface area contributed by atoms with Crippen molar-refractivity contribution in [2.75, 3.05) is 12.4 Å². The second kappa shape index (κ2) is 4.77. The lowest BCUT2D eigenvalue weighted by molar-refractivity contribution is 0.0608. The van der Waals surface area contributed by atoms with Gasteiger partial charge in [0.2, 0.25) is 0 Å². The minimum Gasteiger partial charge on any atom is -0.464 e. The summed E-state index contributed by atoms with van der Waals surface area (Å²) < 4.78 is 5.45. The number of rotatable bonds is 2. The highest BCUT2D eigenvalue weighted by Crippen LogP contribution is 2.34. The van der Waals surface area contributed by atoms with Crippen LogP contribution in [0.15, 0.2) is 29.0 Å². The molecule has 20 heavy (non-hydrogen) atoms. The third kappa shape index (κ3) is 1.99. The molecular formula is C16H21N3O. The second-order valence-electron chi connectivity index (χ2n) is 6.21. The summed E-state index contributed by atoms with van der Waals surface area (Å²) in [5.74, 6) is 0.976. The molecule has 4 nitrogen and oxygen atoms in total. The average molecular weight is 271 g/mol. The van der Waals surface area contributed by atoms with Crippen LogP contribution in [0.3, 0.4) is 0 Å². The van der Waals surface area contributed by atoms with E-state index in [1.165, 1.54) is 32.1 Å². The molecule has 4 heteroatoms. The molecule has 0 radical (unpaired) electrons. The lowest BCUT2D eigenvalue weighted by Gasteiger charge is -2.47. The normalized spacial score (nSPS) is 30.6. The fourth-order valence-electron chi connectivity index (χ4n) is 3.94. The standard InChI is InChI=1S/C16H21N3O/c1-19-12-3-2-4-13(19)10-11(9-12)18-16-14-6-8-20-15(14)5-7-17-16/h5-8,11-13H,2-4,9-10H2,1H3,(H,17,18). The number of nitrogens with one attached hydrogen (secondary N) is 1. The van der Waals surface area contributed by atoms with E-state index in [0.29, 0.717) is 6.04 Å². The van der Waals surface area contributed by atoms with E-state index in [1.807, 2.05) is 18.3 Å². The van der Waals surface area contributed by atoms with E-state index >= 15 is 0 Å². The van der Waals surface area contributed by atoms with Gasteiger partial charge >= 0.3 is 0 Å². The summed E-state index contributed by atoms with van der Waals surface area (Å²) in [6.07, 6.45) is 10.1. The first-order valence-electron chi connectivity index (χ1n) is 7.62. The smallest absolute Gasteiger partial charge is 0.139 e. The third-order valence-electron chi connectivity index (χ3n) is 5.06. The van der Waals surface area contributed by atoms with Crippen molar-refractivity contribution in [3.8, 4) is 0 Å². The van der Waals surface area contributed by atoms with Gasteiger partial charge in [-0.05, 0) is 44.9 Å². The van der Waals surface area contributed by atoms with E-state index < -0.39 is 0 Å². The van der Waals surface area contributed by atoms with E-state index in [9.17, 15) is 0 Å². The summed E-state index contributed by atoms with van der Waals surface area (Å²) in [6.45, 7) is 0. The quantitative estimate of drug-likeness (QED) is 0.910. The van der Waals surface area contributed by atoms with Crippen LogP contribution in [0, 0.1) is 0 Å². The van der Waals surface area contributed by atoms with Gasteiger partial charge in [0.25, 0.3) is 0 Å². The Morgan fingerprint density at radius 1 is 1.25 bits per heavy atom.